The third-order valence-corrected chi connectivity index (χ3v) is 6.39. The van der Waals surface area contributed by atoms with Gasteiger partial charge < -0.3 is 20.6 Å². The normalized spacial score (nSPS) is 23.8. The van der Waals surface area contributed by atoms with Gasteiger partial charge in [-0.15, -0.1) is 24.0 Å². The summed E-state index contributed by atoms with van der Waals surface area (Å²) >= 11 is 1.81. The van der Waals surface area contributed by atoms with E-state index in [1.165, 1.54) is 24.1 Å². The van der Waals surface area contributed by atoms with Crippen molar-refractivity contribution in [3.05, 3.63) is 29.8 Å². The number of nitrogens with one attached hydrogen (secondary N) is 2. The predicted molar refractivity (Wildman–Crippen MR) is 128 cm³/mol. The second-order valence-corrected chi connectivity index (χ2v) is 8.48. The van der Waals surface area contributed by atoms with Crippen LogP contribution < -0.4 is 15.5 Å². The number of benzene rings is 1. The maximum atomic E-state index is 10.5. The Labute approximate surface area is 184 Å². The van der Waals surface area contributed by atoms with Crippen molar-refractivity contribution in [2.24, 2.45) is 4.99 Å². The molecule has 0 amide bonds. The van der Waals surface area contributed by atoms with Crippen LogP contribution in [0.15, 0.2) is 29.3 Å². The van der Waals surface area contributed by atoms with E-state index < -0.39 is 5.60 Å². The van der Waals surface area contributed by atoms with Crippen LogP contribution in [-0.2, 0) is 0 Å². The van der Waals surface area contributed by atoms with Crippen molar-refractivity contribution in [2.75, 3.05) is 42.6 Å². The lowest BCUT2D eigenvalue weighted by molar-refractivity contribution is 0.0778. The summed E-state index contributed by atoms with van der Waals surface area (Å²) in [6.07, 6.45) is 3.40. The number of hydrogen-bond acceptors (Lipinski definition) is 4. The lowest BCUT2D eigenvalue weighted by atomic mass is 10.0. The van der Waals surface area contributed by atoms with E-state index in [1.807, 2.05) is 0 Å². The molecule has 0 spiro atoms. The van der Waals surface area contributed by atoms with Crippen LogP contribution in [0.2, 0.25) is 0 Å². The van der Waals surface area contributed by atoms with E-state index in [-0.39, 0.29) is 30.0 Å². The van der Waals surface area contributed by atoms with Gasteiger partial charge >= 0.3 is 0 Å². The molecule has 152 valence electrons. The number of thioether (sulfide) groups is 1. The van der Waals surface area contributed by atoms with E-state index in [0.717, 1.165) is 43.5 Å². The summed E-state index contributed by atoms with van der Waals surface area (Å²) in [5.74, 6) is 2.58. The first-order valence-corrected chi connectivity index (χ1v) is 10.9. The minimum Gasteiger partial charge on any atom is -0.387 e. The quantitative estimate of drug-likeness (QED) is 0.315. The summed E-state index contributed by atoms with van der Waals surface area (Å²) in [5, 5.41) is 17.3. The van der Waals surface area contributed by atoms with Gasteiger partial charge in [-0.05, 0) is 56.6 Å². The smallest absolute Gasteiger partial charge is 0.191 e. The predicted octanol–water partition coefficient (Wildman–Crippen LogP) is 3.39. The Kier molecular flexibility index (Phi) is 9.01. The standard InChI is InChI=1S/C20H32N4OS.HI/c1-3-21-19(22-14-20(25)9-12-26-15-20)23-16(2)17-7-6-8-18(13-17)24-10-4-5-11-24;/h6-8,13,16,25H,3-5,9-12,14-15H2,1-2H3,(H2,21,22,23);1H. The zero-order valence-corrected chi connectivity index (χ0v) is 19.6. The highest BCUT2D eigenvalue weighted by Gasteiger charge is 2.31. The Bertz CT molecular complexity index is 616. The second-order valence-electron chi connectivity index (χ2n) is 7.38. The molecule has 0 bridgehead atoms. The van der Waals surface area contributed by atoms with Crippen LogP contribution in [0.4, 0.5) is 5.69 Å². The van der Waals surface area contributed by atoms with E-state index >= 15 is 0 Å². The van der Waals surface area contributed by atoms with E-state index in [2.05, 4.69) is 58.6 Å². The Morgan fingerprint density at radius 3 is 2.81 bits per heavy atom. The maximum Gasteiger partial charge on any atom is 0.191 e. The van der Waals surface area contributed by atoms with Crippen LogP contribution >= 0.6 is 35.7 Å². The van der Waals surface area contributed by atoms with Gasteiger partial charge in [-0.3, -0.25) is 4.99 Å². The van der Waals surface area contributed by atoms with Gasteiger partial charge in [-0.25, -0.2) is 0 Å². The topological polar surface area (TPSA) is 59.9 Å². The zero-order valence-electron chi connectivity index (χ0n) is 16.4. The summed E-state index contributed by atoms with van der Waals surface area (Å²) in [6, 6.07) is 8.95. The lowest BCUT2D eigenvalue weighted by Gasteiger charge is -2.23. The maximum absolute atomic E-state index is 10.5. The molecule has 2 fully saturated rings. The molecule has 1 aromatic carbocycles. The van der Waals surface area contributed by atoms with Crippen LogP contribution in [0.1, 0.15) is 44.7 Å². The number of nitrogens with zero attached hydrogens (tertiary/aromatic N) is 2. The molecule has 0 radical (unpaired) electrons. The number of guanidine groups is 1. The first-order chi connectivity index (χ1) is 12.6. The highest BCUT2D eigenvalue weighted by molar-refractivity contribution is 14.0. The minimum atomic E-state index is -0.647. The molecule has 0 aromatic heterocycles. The molecule has 2 heterocycles. The first-order valence-electron chi connectivity index (χ1n) is 9.79. The van der Waals surface area contributed by atoms with Crippen molar-refractivity contribution in [3.8, 4) is 0 Å². The number of aliphatic hydroxyl groups is 1. The number of halogens is 1. The van der Waals surface area contributed by atoms with Gasteiger partial charge in [0, 0.05) is 31.1 Å². The van der Waals surface area contributed by atoms with Crippen molar-refractivity contribution < 1.29 is 5.11 Å². The van der Waals surface area contributed by atoms with Gasteiger partial charge in [0.05, 0.1) is 18.2 Å². The molecular formula is C20H33IN4OS. The summed E-state index contributed by atoms with van der Waals surface area (Å²) in [6.45, 7) is 7.80. The van der Waals surface area contributed by atoms with E-state index in [4.69, 9.17) is 0 Å². The molecule has 0 aliphatic carbocycles. The third kappa shape index (κ3) is 6.42. The Morgan fingerprint density at radius 2 is 2.15 bits per heavy atom. The largest absolute Gasteiger partial charge is 0.387 e. The van der Waals surface area contributed by atoms with Gasteiger partial charge in [-0.2, -0.15) is 11.8 Å². The molecule has 2 aliphatic heterocycles. The fraction of sp³-hybridized carbons (Fsp3) is 0.650. The molecule has 5 nitrogen and oxygen atoms in total. The van der Waals surface area contributed by atoms with E-state index in [0.29, 0.717) is 6.54 Å². The fourth-order valence-electron chi connectivity index (χ4n) is 3.52. The molecule has 2 atom stereocenters. The number of anilines is 1. The molecule has 27 heavy (non-hydrogen) atoms. The monoisotopic (exact) mass is 504 g/mol. The van der Waals surface area contributed by atoms with Gasteiger partial charge in [0.1, 0.15) is 0 Å². The summed E-state index contributed by atoms with van der Waals surface area (Å²) < 4.78 is 0. The SMILES string of the molecule is CCNC(=NCC1(O)CCSC1)NC(C)c1cccc(N2CCCC2)c1.I. The highest BCUT2D eigenvalue weighted by atomic mass is 127. The minimum absolute atomic E-state index is 0. The van der Waals surface area contributed by atoms with Gasteiger partial charge in [0.15, 0.2) is 5.96 Å². The molecule has 7 heteroatoms. The second kappa shape index (κ2) is 10.8. The molecule has 3 rings (SSSR count). The Morgan fingerprint density at radius 1 is 1.37 bits per heavy atom. The zero-order chi connectivity index (χ0) is 18.4. The van der Waals surface area contributed by atoms with Gasteiger partial charge in [0.25, 0.3) is 0 Å². The van der Waals surface area contributed by atoms with Crippen molar-refractivity contribution >= 4 is 47.4 Å². The molecule has 0 saturated carbocycles. The summed E-state index contributed by atoms with van der Waals surface area (Å²) in [4.78, 5) is 7.11. The molecule has 1 aromatic rings. The highest BCUT2D eigenvalue weighted by Crippen LogP contribution is 2.28. The molecule has 3 N–H and O–H groups in total. The first kappa shape index (κ1) is 22.6. The average molecular weight is 504 g/mol. The number of rotatable bonds is 6. The van der Waals surface area contributed by atoms with Crippen molar-refractivity contribution in [3.63, 3.8) is 0 Å². The number of aliphatic imine (C=N–C) groups is 1. The van der Waals surface area contributed by atoms with E-state index in [9.17, 15) is 5.11 Å². The summed E-state index contributed by atoms with van der Waals surface area (Å²) in [7, 11) is 0. The van der Waals surface area contributed by atoms with Gasteiger partial charge in [0.2, 0.25) is 0 Å². The molecular weight excluding hydrogens is 471 g/mol. The van der Waals surface area contributed by atoms with Crippen LogP contribution in [0.5, 0.6) is 0 Å². The van der Waals surface area contributed by atoms with E-state index in [1.54, 1.807) is 11.8 Å². The van der Waals surface area contributed by atoms with Crippen molar-refractivity contribution in [2.45, 2.75) is 44.8 Å². The number of hydrogen-bond donors (Lipinski definition) is 3. The van der Waals surface area contributed by atoms with Crippen molar-refractivity contribution in [1.29, 1.82) is 0 Å². The van der Waals surface area contributed by atoms with Crippen LogP contribution in [0, 0.1) is 0 Å². The molecule has 2 unspecified atom stereocenters. The lowest BCUT2D eigenvalue weighted by Crippen LogP contribution is -2.41. The third-order valence-electron chi connectivity index (χ3n) is 5.15. The molecule has 2 saturated heterocycles. The van der Waals surface area contributed by atoms with Crippen LogP contribution in [0.25, 0.3) is 0 Å². The van der Waals surface area contributed by atoms with Crippen molar-refractivity contribution in [1.82, 2.24) is 10.6 Å². The Balaban J connectivity index is 0.00000261. The van der Waals surface area contributed by atoms with Gasteiger partial charge in [-0.1, -0.05) is 12.1 Å². The Hall–Kier alpha value is -0.670. The van der Waals surface area contributed by atoms with Crippen LogP contribution in [-0.4, -0.2) is 54.4 Å². The molecule has 2 aliphatic rings. The van der Waals surface area contributed by atoms with Crippen LogP contribution in [0.3, 0.4) is 0 Å². The fourth-order valence-corrected chi connectivity index (χ4v) is 4.81. The average Bonchev–Trinajstić information content (AvgIpc) is 3.32. The summed E-state index contributed by atoms with van der Waals surface area (Å²) in [5.41, 5.74) is 1.93.